The number of amides is 1. The van der Waals surface area contributed by atoms with Crippen LogP contribution < -0.4 is 18.9 Å². The molecule has 2 aliphatic rings. The summed E-state index contributed by atoms with van der Waals surface area (Å²) in [5.41, 5.74) is 0.894. The highest BCUT2D eigenvalue weighted by atomic mass is 16.6. The van der Waals surface area contributed by atoms with Gasteiger partial charge in [-0.2, -0.15) is 0 Å². The normalized spacial score (nSPS) is 18.8. The molecule has 2 heterocycles. The van der Waals surface area contributed by atoms with Crippen molar-refractivity contribution in [3.63, 3.8) is 0 Å². The number of Topliss-reactive ketones (excluding diaryl/α,β-unsaturated/α-hetero) is 1. The fraction of sp³-hybridized carbons (Fsp3) is 0.385. The third-order valence-electron chi connectivity index (χ3n) is 6.09. The Morgan fingerprint density at radius 1 is 1.06 bits per heavy atom. The summed E-state index contributed by atoms with van der Waals surface area (Å²) >= 11 is 0. The molecule has 0 saturated carbocycles. The number of fused-ring (bicyclic) bond motifs is 1. The minimum Gasteiger partial charge on any atom is -0.507 e. The molecule has 35 heavy (non-hydrogen) atoms. The molecule has 0 aliphatic carbocycles. The smallest absolute Gasteiger partial charge is 0.295 e. The van der Waals surface area contributed by atoms with E-state index in [2.05, 4.69) is 0 Å². The molecule has 2 aliphatic heterocycles. The van der Waals surface area contributed by atoms with Gasteiger partial charge in [-0.25, -0.2) is 0 Å². The van der Waals surface area contributed by atoms with Crippen LogP contribution in [-0.2, 0) is 9.59 Å². The Kier molecular flexibility index (Phi) is 7.16. The second kappa shape index (κ2) is 10.3. The maximum absolute atomic E-state index is 13.3. The summed E-state index contributed by atoms with van der Waals surface area (Å²) in [5.74, 6) is 0.335. The summed E-state index contributed by atoms with van der Waals surface area (Å²) < 4.78 is 22.2. The predicted molar refractivity (Wildman–Crippen MR) is 129 cm³/mol. The molecule has 1 saturated heterocycles. The van der Waals surface area contributed by atoms with Crippen LogP contribution in [0.25, 0.3) is 5.76 Å². The molecule has 0 aromatic heterocycles. The molecular weight excluding hydrogens is 452 g/mol. The lowest BCUT2D eigenvalue weighted by atomic mass is 9.94. The van der Waals surface area contributed by atoms with E-state index < -0.39 is 17.7 Å². The molecule has 0 bridgehead atoms. The third-order valence-corrected chi connectivity index (χ3v) is 6.09. The van der Waals surface area contributed by atoms with Crippen molar-refractivity contribution in [2.24, 2.45) is 0 Å². The molecule has 1 atom stereocenters. The number of benzene rings is 2. The SMILES string of the molecule is COc1ccc(OC)c([C@@H]2C(=C(O)c3ccc4c(c3)OCCO4)C(=O)C(=O)N2CCCN(C)C)c1. The maximum Gasteiger partial charge on any atom is 0.295 e. The Hall–Kier alpha value is -3.72. The van der Waals surface area contributed by atoms with Crippen molar-refractivity contribution in [1.29, 1.82) is 0 Å². The van der Waals surface area contributed by atoms with Crippen LogP contribution in [0.4, 0.5) is 0 Å². The minimum atomic E-state index is -0.851. The third kappa shape index (κ3) is 4.77. The maximum atomic E-state index is 13.3. The van der Waals surface area contributed by atoms with E-state index in [1.807, 2.05) is 19.0 Å². The van der Waals surface area contributed by atoms with Gasteiger partial charge in [-0.05, 0) is 63.5 Å². The van der Waals surface area contributed by atoms with E-state index in [4.69, 9.17) is 18.9 Å². The average molecular weight is 483 g/mol. The van der Waals surface area contributed by atoms with Crippen LogP contribution >= 0.6 is 0 Å². The number of ketones is 1. The number of methoxy groups -OCH3 is 2. The summed E-state index contributed by atoms with van der Waals surface area (Å²) in [5, 5.41) is 11.4. The molecule has 9 nitrogen and oxygen atoms in total. The summed E-state index contributed by atoms with van der Waals surface area (Å²) in [6.07, 6.45) is 0.646. The number of hydrogen-bond acceptors (Lipinski definition) is 8. The number of aliphatic hydroxyl groups excluding tert-OH is 1. The molecule has 9 heteroatoms. The lowest BCUT2D eigenvalue weighted by Crippen LogP contribution is -2.32. The average Bonchev–Trinajstić information content (AvgIpc) is 3.12. The van der Waals surface area contributed by atoms with Gasteiger partial charge in [0, 0.05) is 17.7 Å². The molecule has 1 fully saturated rings. The first-order valence-electron chi connectivity index (χ1n) is 11.4. The molecule has 0 spiro atoms. The van der Waals surface area contributed by atoms with Crippen molar-refractivity contribution in [2.75, 3.05) is 54.6 Å². The van der Waals surface area contributed by atoms with E-state index in [1.54, 1.807) is 36.4 Å². The summed E-state index contributed by atoms with van der Waals surface area (Å²) in [6, 6.07) is 9.27. The van der Waals surface area contributed by atoms with Crippen LogP contribution in [-0.4, -0.2) is 81.2 Å². The predicted octanol–water partition coefficient (Wildman–Crippen LogP) is 2.85. The number of aliphatic hydroxyl groups is 1. The molecule has 0 radical (unpaired) electrons. The van der Waals surface area contributed by atoms with Gasteiger partial charge in [0.05, 0.1) is 25.8 Å². The number of nitrogens with zero attached hydrogens (tertiary/aromatic N) is 2. The van der Waals surface area contributed by atoms with E-state index in [0.29, 0.717) is 60.3 Å². The lowest BCUT2D eigenvalue weighted by molar-refractivity contribution is -0.140. The first kappa shape index (κ1) is 24.4. The van der Waals surface area contributed by atoms with Crippen LogP contribution in [0.5, 0.6) is 23.0 Å². The Labute approximate surface area is 204 Å². The number of likely N-dealkylation sites (tertiary alicyclic amines) is 1. The van der Waals surface area contributed by atoms with E-state index >= 15 is 0 Å². The quantitative estimate of drug-likeness (QED) is 0.349. The number of rotatable bonds is 8. The number of ether oxygens (including phenoxy) is 4. The highest BCUT2D eigenvalue weighted by molar-refractivity contribution is 6.46. The first-order chi connectivity index (χ1) is 16.8. The zero-order chi connectivity index (χ0) is 25.1. The second-order valence-electron chi connectivity index (χ2n) is 8.62. The topological polar surface area (TPSA) is 97.8 Å². The Bertz CT molecular complexity index is 1160. The van der Waals surface area contributed by atoms with Gasteiger partial charge in [0.25, 0.3) is 11.7 Å². The van der Waals surface area contributed by atoms with Gasteiger partial charge in [-0.3, -0.25) is 9.59 Å². The Morgan fingerprint density at radius 3 is 2.49 bits per heavy atom. The lowest BCUT2D eigenvalue weighted by Gasteiger charge is -2.27. The van der Waals surface area contributed by atoms with Gasteiger partial charge in [0.1, 0.15) is 30.5 Å². The molecule has 2 aromatic rings. The van der Waals surface area contributed by atoms with Gasteiger partial charge < -0.3 is 33.9 Å². The Morgan fingerprint density at radius 2 is 1.80 bits per heavy atom. The molecule has 1 amide bonds. The van der Waals surface area contributed by atoms with E-state index in [0.717, 1.165) is 6.54 Å². The van der Waals surface area contributed by atoms with Crippen molar-refractivity contribution >= 4 is 17.4 Å². The molecule has 1 N–H and O–H groups in total. The molecule has 2 aromatic carbocycles. The van der Waals surface area contributed by atoms with Crippen LogP contribution in [0.1, 0.15) is 23.6 Å². The molecule has 0 unspecified atom stereocenters. The highest BCUT2D eigenvalue weighted by Crippen LogP contribution is 2.44. The largest absolute Gasteiger partial charge is 0.507 e. The Balaban J connectivity index is 1.85. The highest BCUT2D eigenvalue weighted by Gasteiger charge is 2.47. The monoisotopic (exact) mass is 482 g/mol. The fourth-order valence-corrected chi connectivity index (χ4v) is 4.39. The standard InChI is InChI=1S/C26H30N2O7/c1-27(2)10-5-11-28-23(18-15-17(32-3)7-9-19(18)33-4)22(25(30)26(28)31)24(29)16-6-8-20-21(14-16)35-13-12-34-20/h6-9,14-15,23,29H,5,10-13H2,1-4H3/t23-/m1/s1. The van der Waals surface area contributed by atoms with Crippen molar-refractivity contribution in [3.05, 3.63) is 53.1 Å². The van der Waals surface area contributed by atoms with Gasteiger partial charge in [0.2, 0.25) is 0 Å². The van der Waals surface area contributed by atoms with Crippen molar-refractivity contribution < 1.29 is 33.6 Å². The molecule has 4 rings (SSSR count). The van der Waals surface area contributed by atoms with Crippen LogP contribution in [0.15, 0.2) is 42.0 Å². The zero-order valence-corrected chi connectivity index (χ0v) is 20.4. The number of carbonyl (C=O) groups excluding carboxylic acids is 2. The van der Waals surface area contributed by atoms with Gasteiger partial charge >= 0.3 is 0 Å². The number of carbonyl (C=O) groups is 2. The van der Waals surface area contributed by atoms with Crippen LogP contribution in [0.3, 0.4) is 0 Å². The van der Waals surface area contributed by atoms with E-state index in [1.165, 1.54) is 19.1 Å². The van der Waals surface area contributed by atoms with Gasteiger partial charge in [-0.1, -0.05) is 0 Å². The van der Waals surface area contributed by atoms with Crippen molar-refractivity contribution in [1.82, 2.24) is 9.80 Å². The summed E-state index contributed by atoms with van der Waals surface area (Å²) in [6.45, 7) is 1.87. The number of hydrogen-bond donors (Lipinski definition) is 1. The second-order valence-corrected chi connectivity index (χ2v) is 8.62. The minimum absolute atomic E-state index is 0.0110. The molecule has 186 valence electrons. The molecular formula is C26H30N2O7. The van der Waals surface area contributed by atoms with E-state index in [9.17, 15) is 14.7 Å². The van der Waals surface area contributed by atoms with Crippen LogP contribution in [0, 0.1) is 0 Å². The van der Waals surface area contributed by atoms with Gasteiger partial charge in [0.15, 0.2) is 11.5 Å². The van der Waals surface area contributed by atoms with E-state index in [-0.39, 0.29) is 11.3 Å². The van der Waals surface area contributed by atoms with Crippen molar-refractivity contribution in [3.8, 4) is 23.0 Å². The summed E-state index contributed by atoms with van der Waals surface area (Å²) in [7, 11) is 6.94. The zero-order valence-electron chi connectivity index (χ0n) is 20.4. The summed E-state index contributed by atoms with van der Waals surface area (Å²) in [4.78, 5) is 30.0. The van der Waals surface area contributed by atoms with Crippen molar-refractivity contribution in [2.45, 2.75) is 12.5 Å². The van der Waals surface area contributed by atoms with Gasteiger partial charge in [-0.15, -0.1) is 0 Å². The first-order valence-corrected chi connectivity index (χ1v) is 11.4. The fourth-order valence-electron chi connectivity index (χ4n) is 4.39. The van der Waals surface area contributed by atoms with Crippen LogP contribution in [0.2, 0.25) is 0 Å².